The van der Waals surface area contributed by atoms with Crippen LogP contribution in [0.15, 0.2) is 60.1 Å². The van der Waals surface area contributed by atoms with Crippen LogP contribution in [-0.2, 0) is 5.75 Å². The molecular formula is C18H14N8S. The normalized spacial score (nSPS) is 11.4. The van der Waals surface area contributed by atoms with Gasteiger partial charge in [0.15, 0.2) is 11.3 Å². The molecule has 0 unspecified atom stereocenters. The highest BCUT2D eigenvalue weighted by Crippen LogP contribution is 2.28. The lowest BCUT2D eigenvalue weighted by Crippen LogP contribution is -2.02. The monoisotopic (exact) mass is 374 g/mol. The summed E-state index contributed by atoms with van der Waals surface area (Å²) in [6.07, 6.45) is 3.14. The number of aromatic nitrogens is 7. The molecule has 27 heavy (non-hydrogen) atoms. The van der Waals surface area contributed by atoms with E-state index >= 15 is 0 Å². The van der Waals surface area contributed by atoms with Gasteiger partial charge in [0.25, 0.3) is 0 Å². The molecule has 0 amide bonds. The van der Waals surface area contributed by atoms with Crippen LogP contribution in [0.25, 0.3) is 28.0 Å². The molecule has 0 atom stereocenters. The largest absolute Gasteiger partial charge is 0.384 e. The molecule has 0 aliphatic rings. The first kappa shape index (κ1) is 15.8. The predicted molar refractivity (Wildman–Crippen MR) is 105 cm³/mol. The van der Waals surface area contributed by atoms with Crippen LogP contribution in [0.2, 0.25) is 0 Å². The smallest absolute Gasteiger partial charge is 0.181 e. The minimum absolute atomic E-state index is 0.466. The minimum Gasteiger partial charge on any atom is -0.384 e. The second kappa shape index (κ2) is 6.36. The number of fused-ring (bicyclic) bond motifs is 2. The second-order valence-corrected chi connectivity index (χ2v) is 6.81. The number of benzene rings is 1. The molecule has 0 fully saturated rings. The number of para-hydroxylation sites is 1. The maximum Gasteiger partial charge on any atom is 0.181 e. The van der Waals surface area contributed by atoms with Gasteiger partial charge in [-0.05, 0) is 24.3 Å². The van der Waals surface area contributed by atoms with Crippen molar-refractivity contribution in [3.63, 3.8) is 0 Å². The summed E-state index contributed by atoms with van der Waals surface area (Å²) < 4.78 is 2.03. The van der Waals surface area contributed by atoms with Gasteiger partial charge in [0.2, 0.25) is 0 Å². The molecule has 0 aliphatic heterocycles. The van der Waals surface area contributed by atoms with E-state index in [2.05, 4.69) is 24.9 Å². The van der Waals surface area contributed by atoms with Gasteiger partial charge >= 0.3 is 0 Å². The first-order chi connectivity index (χ1) is 13.3. The number of H-pyrrole nitrogens is 1. The van der Waals surface area contributed by atoms with Gasteiger partial charge in [-0.1, -0.05) is 30.0 Å². The molecule has 0 aliphatic carbocycles. The van der Waals surface area contributed by atoms with E-state index in [1.54, 1.807) is 24.2 Å². The van der Waals surface area contributed by atoms with E-state index in [0.29, 0.717) is 17.2 Å². The Morgan fingerprint density at radius 2 is 1.89 bits per heavy atom. The van der Waals surface area contributed by atoms with Gasteiger partial charge in [0.1, 0.15) is 34.0 Å². The molecule has 1 aromatic carbocycles. The zero-order chi connectivity index (χ0) is 18.2. The highest BCUT2D eigenvalue weighted by Gasteiger charge is 2.15. The summed E-state index contributed by atoms with van der Waals surface area (Å²) in [6.45, 7) is 0. The molecule has 5 aromatic rings. The number of nitrogens with two attached hydrogens (primary N) is 1. The summed E-state index contributed by atoms with van der Waals surface area (Å²) in [4.78, 5) is 25.1. The van der Waals surface area contributed by atoms with Crippen molar-refractivity contribution in [3.05, 3.63) is 60.9 Å². The Balaban J connectivity index is 1.59. The Morgan fingerprint density at radius 3 is 2.78 bits per heavy atom. The first-order valence-electron chi connectivity index (χ1n) is 8.26. The Labute approximate surface area is 157 Å². The number of aromatic amines is 1. The molecule has 4 aromatic heterocycles. The van der Waals surface area contributed by atoms with Crippen LogP contribution >= 0.6 is 11.8 Å². The third-order valence-electron chi connectivity index (χ3n) is 4.14. The SMILES string of the molecule is Nc1ccc2nc(CSc3ncnc4nc[nH]c34)n(-c3ccccc3)c2n1. The summed E-state index contributed by atoms with van der Waals surface area (Å²) in [6, 6.07) is 13.7. The Bertz CT molecular complexity index is 1240. The Kier molecular flexibility index (Phi) is 3.72. The third kappa shape index (κ3) is 2.77. The number of nitrogen functional groups attached to an aromatic ring is 1. The van der Waals surface area contributed by atoms with Gasteiger partial charge in [0.05, 0.1) is 12.1 Å². The van der Waals surface area contributed by atoms with Crippen LogP contribution in [0.5, 0.6) is 0 Å². The fourth-order valence-electron chi connectivity index (χ4n) is 2.95. The van der Waals surface area contributed by atoms with Gasteiger partial charge < -0.3 is 10.7 Å². The van der Waals surface area contributed by atoms with Crippen molar-refractivity contribution in [2.45, 2.75) is 10.8 Å². The highest BCUT2D eigenvalue weighted by atomic mass is 32.2. The lowest BCUT2D eigenvalue weighted by atomic mass is 10.3. The van der Waals surface area contributed by atoms with E-state index < -0.39 is 0 Å². The number of anilines is 1. The van der Waals surface area contributed by atoms with Crippen molar-refractivity contribution in [2.75, 3.05) is 5.73 Å². The molecule has 0 saturated heterocycles. The second-order valence-electron chi connectivity index (χ2n) is 5.85. The number of pyridine rings is 1. The molecule has 0 saturated carbocycles. The van der Waals surface area contributed by atoms with Gasteiger partial charge in [-0.25, -0.2) is 24.9 Å². The first-order valence-corrected chi connectivity index (χ1v) is 9.24. The van der Waals surface area contributed by atoms with Crippen molar-refractivity contribution in [3.8, 4) is 5.69 Å². The summed E-state index contributed by atoms with van der Waals surface area (Å²) in [5.74, 6) is 1.94. The molecule has 9 heteroatoms. The van der Waals surface area contributed by atoms with Crippen LogP contribution in [0, 0.1) is 0 Å². The minimum atomic E-state index is 0.466. The lowest BCUT2D eigenvalue weighted by molar-refractivity contribution is 0.971. The van der Waals surface area contributed by atoms with E-state index in [9.17, 15) is 0 Å². The predicted octanol–water partition coefficient (Wildman–Crippen LogP) is 2.96. The zero-order valence-electron chi connectivity index (χ0n) is 14.1. The van der Waals surface area contributed by atoms with Gasteiger partial charge in [-0.2, -0.15) is 0 Å². The Morgan fingerprint density at radius 1 is 1.00 bits per heavy atom. The molecule has 0 bridgehead atoms. The third-order valence-corrected chi connectivity index (χ3v) is 5.12. The molecule has 132 valence electrons. The lowest BCUT2D eigenvalue weighted by Gasteiger charge is -2.08. The van der Waals surface area contributed by atoms with E-state index in [0.717, 1.165) is 33.2 Å². The van der Waals surface area contributed by atoms with Crippen molar-refractivity contribution >= 4 is 39.9 Å². The van der Waals surface area contributed by atoms with Gasteiger partial charge in [-0.3, -0.25) is 4.57 Å². The number of hydrogen-bond acceptors (Lipinski definition) is 7. The maximum atomic E-state index is 5.91. The average molecular weight is 374 g/mol. The van der Waals surface area contributed by atoms with E-state index in [1.165, 1.54) is 6.33 Å². The van der Waals surface area contributed by atoms with Crippen molar-refractivity contribution in [1.82, 2.24) is 34.5 Å². The standard InChI is InChI=1S/C18H14N8S/c19-13-7-6-12-17(25-13)26(11-4-2-1-3-5-11)14(24-12)8-27-18-15-16(21-9-20-15)22-10-23-18/h1-7,9-10H,8H2,(H2,19,25)(H,20,21,22,23). The summed E-state index contributed by atoms with van der Waals surface area (Å²) in [7, 11) is 0. The number of nitrogens with zero attached hydrogens (tertiary/aromatic N) is 6. The number of imidazole rings is 2. The van der Waals surface area contributed by atoms with Crippen molar-refractivity contribution < 1.29 is 0 Å². The number of hydrogen-bond donors (Lipinski definition) is 2. The Hall–Kier alpha value is -3.46. The topological polar surface area (TPSA) is 111 Å². The van der Waals surface area contributed by atoms with E-state index in [1.807, 2.05) is 41.0 Å². The average Bonchev–Trinajstić information content (AvgIpc) is 3.31. The quantitative estimate of drug-likeness (QED) is 0.367. The maximum absolute atomic E-state index is 5.91. The highest BCUT2D eigenvalue weighted by molar-refractivity contribution is 7.98. The number of rotatable bonds is 4. The fourth-order valence-corrected chi connectivity index (χ4v) is 3.82. The van der Waals surface area contributed by atoms with Crippen LogP contribution < -0.4 is 5.73 Å². The van der Waals surface area contributed by atoms with E-state index in [4.69, 9.17) is 10.7 Å². The molecule has 3 N–H and O–H groups in total. The van der Waals surface area contributed by atoms with Gasteiger partial charge in [-0.15, -0.1) is 0 Å². The summed E-state index contributed by atoms with van der Waals surface area (Å²) >= 11 is 1.57. The van der Waals surface area contributed by atoms with Crippen molar-refractivity contribution in [2.24, 2.45) is 0 Å². The van der Waals surface area contributed by atoms with Crippen molar-refractivity contribution in [1.29, 1.82) is 0 Å². The van der Waals surface area contributed by atoms with Crippen LogP contribution in [0.4, 0.5) is 5.82 Å². The van der Waals surface area contributed by atoms with Crippen LogP contribution in [0.1, 0.15) is 5.82 Å². The molecule has 4 heterocycles. The van der Waals surface area contributed by atoms with Gasteiger partial charge in [0, 0.05) is 5.69 Å². The van der Waals surface area contributed by atoms with Crippen LogP contribution in [0.3, 0.4) is 0 Å². The summed E-state index contributed by atoms with van der Waals surface area (Å²) in [5.41, 5.74) is 9.92. The molecule has 0 spiro atoms. The molecule has 8 nitrogen and oxygen atoms in total. The number of thioether (sulfide) groups is 1. The molecule has 0 radical (unpaired) electrons. The molecule has 5 rings (SSSR count). The number of nitrogens with one attached hydrogen (secondary N) is 1. The molecular weight excluding hydrogens is 360 g/mol. The zero-order valence-corrected chi connectivity index (χ0v) is 14.9. The van der Waals surface area contributed by atoms with Crippen LogP contribution in [-0.4, -0.2) is 34.5 Å². The fraction of sp³-hybridized carbons (Fsp3) is 0.0556. The summed E-state index contributed by atoms with van der Waals surface area (Å²) in [5, 5.41) is 0.830. The van der Waals surface area contributed by atoms with E-state index in [-0.39, 0.29) is 0 Å².